The van der Waals surface area contributed by atoms with Gasteiger partial charge in [-0.2, -0.15) is 0 Å². The average molecular weight is 326 g/mol. The van der Waals surface area contributed by atoms with E-state index in [1.807, 2.05) is 12.1 Å². The van der Waals surface area contributed by atoms with E-state index >= 15 is 0 Å². The van der Waals surface area contributed by atoms with E-state index < -0.39 is 0 Å². The Morgan fingerprint density at radius 2 is 2.05 bits per heavy atom. The van der Waals surface area contributed by atoms with E-state index in [9.17, 15) is 4.79 Å². The summed E-state index contributed by atoms with van der Waals surface area (Å²) >= 11 is 0. The predicted molar refractivity (Wildman–Crippen MR) is 87.7 cm³/mol. The normalized spacial score (nSPS) is 30.5. The molecule has 5 heteroatoms. The van der Waals surface area contributed by atoms with Crippen molar-refractivity contribution in [2.75, 3.05) is 21.3 Å². The number of methoxy groups -OCH3 is 2. The summed E-state index contributed by atoms with van der Waals surface area (Å²) in [6, 6.07) is 9.05. The highest BCUT2D eigenvalue weighted by atomic mass is 35.5. The molecule has 0 unspecified atom stereocenters. The third-order valence-electron chi connectivity index (χ3n) is 5.25. The van der Waals surface area contributed by atoms with Crippen molar-refractivity contribution in [3.8, 4) is 5.75 Å². The number of hydrogen-bond acceptors (Lipinski definition) is 4. The topological polar surface area (TPSA) is 38.8 Å². The Balaban J connectivity index is 0.00000176. The van der Waals surface area contributed by atoms with Crippen molar-refractivity contribution in [1.82, 2.24) is 4.90 Å². The molecule has 1 aromatic rings. The van der Waals surface area contributed by atoms with Gasteiger partial charge in [0, 0.05) is 18.0 Å². The molecule has 2 heterocycles. The molecule has 122 valence electrons. The van der Waals surface area contributed by atoms with Gasteiger partial charge in [-0.3, -0.25) is 9.69 Å². The van der Waals surface area contributed by atoms with Crippen molar-refractivity contribution in [3.63, 3.8) is 0 Å². The number of hydrogen-bond donors (Lipinski definition) is 0. The second-order valence-electron chi connectivity index (χ2n) is 6.13. The first-order valence-corrected chi connectivity index (χ1v) is 7.59. The highest BCUT2D eigenvalue weighted by Crippen LogP contribution is 2.47. The number of ether oxygens (including phenoxy) is 2. The largest absolute Gasteiger partial charge is 0.497 e. The van der Waals surface area contributed by atoms with E-state index in [0.29, 0.717) is 12.1 Å². The van der Waals surface area contributed by atoms with Crippen LogP contribution in [0.3, 0.4) is 0 Å². The molecule has 4 atom stereocenters. The minimum atomic E-state index is -0.0761. The van der Waals surface area contributed by atoms with Gasteiger partial charge in [-0.1, -0.05) is 12.1 Å². The molecular weight excluding hydrogens is 302 g/mol. The summed E-state index contributed by atoms with van der Waals surface area (Å²) in [6.07, 6.45) is 3.22. The van der Waals surface area contributed by atoms with Crippen LogP contribution in [-0.4, -0.2) is 44.2 Å². The lowest BCUT2D eigenvalue weighted by molar-refractivity contribution is -0.149. The Hall–Kier alpha value is -1.26. The van der Waals surface area contributed by atoms with Crippen LogP contribution in [-0.2, 0) is 9.53 Å². The minimum absolute atomic E-state index is 0. The molecule has 2 aliphatic rings. The van der Waals surface area contributed by atoms with Crippen LogP contribution < -0.4 is 4.74 Å². The van der Waals surface area contributed by atoms with E-state index in [4.69, 9.17) is 9.47 Å². The molecule has 1 aromatic carbocycles. The van der Waals surface area contributed by atoms with Crippen LogP contribution in [0.2, 0.25) is 0 Å². The number of carbonyl (C=O) groups excluding carboxylic acids is 1. The first-order valence-electron chi connectivity index (χ1n) is 7.59. The van der Waals surface area contributed by atoms with E-state index in [-0.39, 0.29) is 30.2 Å². The van der Waals surface area contributed by atoms with Crippen molar-refractivity contribution in [1.29, 1.82) is 0 Å². The molecular formula is C17H24ClNO3. The number of esters is 1. The molecule has 3 rings (SSSR count). The zero-order valence-electron chi connectivity index (χ0n) is 13.3. The summed E-state index contributed by atoms with van der Waals surface area (Å²) in [7, 11) is 5.35. The quantitative estimate of drug-likeness (QED) is 0.801. The highest BCUT2D eigenvalue weighted by molar-refractivity contribution is 5.85. The third-order valence-corrected chi connectivity index (χ3v) is 5.25. The van der Waals surface area contributed by atoms with Crippen molar-refractivity contribution < 1.29 is 14.3 Å². The second kappa shape index (κ2) is 6.88. The Morgan fingerprint density at radius 1 is 1.27 bits per heavy atom. The Morgan fingerprint density at radius 3 is 2.73 bits per heavy atom. The molecule has 0 aromatic heterocycles. The van der Waals surface area contributed by atoms with Gasteiger partial charge in [0.25, 0.3) is 0 Å². The molecule has 0 aliphatic carbocycles. The maximum atomic E-state index is 12.3. The first-order chi connectivity index (χ1) is 10.2. The van der Waals surface area contributed by atoms with E-state index in [1.54, 1.807) is 7.11 Å². The SMILES string of the molecule is COC(=O)[C@H]1C[C@H]2CC[C@H]([C@H]1c1cccc(OC)c1)N2C.Cl. The van der Waals surface area contributed by atoms with Crippen LogP contribution >= 0.6 is 12.4 Å². The lowest BCUT2D eigenvalue weighted by Crippen LogP contribution is -2.47. The number of piperidine rings is 1. The molecule has 2 bridgehead atoms. The summed E-state index contributed by atoms with van der Waals surface area (Å²) in [5.74, 6) is 0.916. The van der Waals surface area contributed by atoms with Gasteiger partial charge in [-0.05, 0) is 44.0 Å². The zero-order chi connectivity index (χ0) is 15.0. The van der Waals surface area contributed by atoms with E-state index in [0.717, 1.165) is 18.6 Å². The van der Waals surface area contributed by atoms with Crippen molar-refractivity contribution in [2.24, 2.45) is 5.92 Å². The van der Waals surface area contributed by atoms with Gasteiger partial charge in [0.05, 0.1) is 20.1 Å². The Bertz CT molecular complexity index is 536. The summed E-state index contributed by atoms with van der Waals surface area (Å²) in [6.45, 7) is 0. The van der Waals surface area contributed by atoms with Crippen LogP contribution in [0.4, 0.5) is 0 Å². The Kier molecular flexibility index (Phi) is 5.35. The number of fused-ring (bicyclic) bond motifs is 2. The van der Waals surface area contributed by atoms with Crippen LogP contribution in [0.25, 0.3) is 0 Å². The van der Waals surface area contributed by atoms with Crippen LogP contribution in [0.15, 0.2) is 24.3 Å². The summed E-state index contributed by atoms with van der Waals surface area (Å²) in [4.78, 5) is 14.7. The van der Waals surface area contributed by atoms with Gasteiger partial charge in [0.2, 0.25) is 0 Å². The molecule has 0 amide bonds. The number of rotatable bonds is 3. The maximum Gasteiger partial charge on any atom is 0.309 e. The van der Waals surface area contributed by atoms with Crippen LogP contribution in [0.1, 0.15) is 30.7 Å². The van der Waals surface area contributed by atoms with E-state index in [2.05, 4.69) is 24.1 Å². The number of benzene rings is 1. The van der Waals surface area contributed by atoms with Crippen molar-refractivity contribution in [2.45, 2.75) is 37.3 Å². The van der Waals surface area contributed by atoms with Crippen molar-refractivity contribution in [3.05, 3.63) is 29.8 Å². The number of nitrogens with zero attached hydrogens (tertiary/aromatic N) is 1. The molecule has 22 heavy (non-hydrogen) atoms. The zero-order valence-corrected chi connectivity index (χ0v) is 14.1. The van der Waals surface area contributed by atoms with Gasteiger partial charge >= 0.3 is 5.97 Å². The minimum Gasteiger partial charge on any atom is -0.497 e. The van der Waals surface area contributed by atoms with Gasteiger partial charge < -0.3 is 9.47 Å². The molecule has 0 spiro atoms. The monoisotopic (exact) mass is 325 g/mol. The standard InChI is InChI=1S/C17H23NO3.ClH/c1-18-12-7-8-15(18)16(14(10-12)17(19)21-3)11-5-4-6-13(9-11)20-2;/h4-6,9,12,14-16H,7-8,10H2,1-3H3;1H/t12-,14+,15-,16+;/m1./s1. The lowest BCUT2D eigenvalue weighted by Gasteiger charge is -2.42. The lowest BCUT2D eigenvalue weighted by atomic mass is 9.76. The fraction of sp³-hybridized carbons (Fsp3) is 0.588. The van der Waals surface area contributed by atoms with Gasteiger partial charge in [0.15, 0.2) is 0 Å². The third kappa shape index (κ3) is 2.82. The maximum absolute atomic E-state index is 12.3. The molecule has 2 fully saturated rings. The fourth-order valence-electron chi connectivity index (χ4n) is 4.16. The predicted octanol–water partition coefficient (Wildman–Crippen LogP) is 2.86. The molecule has 0 radical (unpaired) electrons. The van der Waals surface area contributed by atoms with Gasteiger partial charge in [0.1, 0.15) is 5.75 Å². The van der Waals surface area contributed by atoms with E-state index in [1.165, 1.54) is 19.1 Å². The summed E-state index contributed by atoms with van der Waals surface area (Å²) < 4.78 is 10.4. The summed E-state index contributed by atoms with van der Waals surface area (Å²) in [5, 5.41) is 0. The first kappa shape index (κ1) is 17.1. The Labute approximate surface area is 138 Å². The molecule has 2 aliphatic heterocycles. The molecule has 2 saturated heterocycles. The number of likely N-dealkylation sites (N-methyl/N-ethyl adjacent to an activating group) is 1. The molecule has 4 nitrogen and oxygen atoms in total. The second-order valence-corrected chi connectivity index (χ2v) is 6.13. The fourth-order valence-corrected chi connectivity index (χ4v) is 4.16. The van der Waals surface area contributed by atoms with Crippen LogP contribution in [0.5, 0.6) is 5.75 Å². The molecule has 0 saturated carbocycles. The van der Waals surface area contributed by atoms with Crippen LogP contribution in [0, 0.1) is 5.92 Å². The highest BCUT2D eigenvalue weighted by Gasteiger charge is 2.49. The molecule has 0 N–H and O–H groups in total. The van der Waals surface area contributed by atoms with Gasteiger partial charge in [-0.15, -0.1) is 12.4 Å². The smallest absolute Gasteiger partial charge is 0.309 e. The summed E-state index contributed by atoms with van der Waals surface area (Å²) in [5.41, 5.74) is 1.18. The van der Waals surface area contributed by atoms with Crippen molar-refractivity contribution >= 4 is 18.4 Å². The number of carbonyl (C=O) groups is 1. The number of halogens is 1. The van der Waals surface area contributed by atoms with Gasteiger partial charge in [-0.25, -0.2) is 0 Å². The average Bonchev–Trinajstić information content (AvgIpc) is 2.76.